The van der Waals surface area contributed by atoms with E-state index in [1.807, 2.05) is 0 Å². The van der Waals surface area contributed by atoms with Gasteiger partial charge in [-0.25, -0.2) is 0 Å². The zero-order valence-electron chi connectivity index (χ0n) is 12.4. The average molecular weight is 262 g/mol. The van der Waals surface area contributed by atoms with Crippen LogP contribution in [0.1, 0.15) is 29.5 Å². The number of ether oxygens (including phenoxy) is 1. The summed E-state index contributed by atoms with van der Waals surface area (Å²) in [5.74, 6) is 1.05. The van der Waals surface area contributed by atoms with Gasteiger partial charge in [0.15, 0.2) is 0 Å². The van der Waals surface area contributed by atoms with Gasteiger partial charge in [-0.05, 0) is 57.3 Å². The molecule has 0 saturated carbocycles. The smallest absolute Gasteiger partial charge is 0.125 e. The molecule has 3 nitrogen and oxygen atoms in total. The lowest BCUT2D eigenvalue weighted by molar-refractivity contribution is 0.387. The topological polar surface area (TPSA) is 33.3 Å². The fourth-order valence-electron chi connectivity index (χ4n) is 2.96. The van der Waals surface area contributed by atoms with Crippen molar-refractivity contribution in [2.75, 3.05) is 26.7 Å². The quantitative estimate of drug-likeness (QED) is 0.853. The van der Waals surface area contributed by atoms with E-state index < -0.39 is 0 Å². The summed E-state index contributed by atoms with van der Waals surface area (Å²) in [7, 11) is 1.76. The Morgan fingerprint density at radius 1 is 1.37 bits per heavy atom. The molecule has 1 aliphatic rings. The first-order chi connectivity index (χ1) is 9.20. The number of rotatable bonds is 5. The Balaban J connectivity index is 1.91. The molecule has 1 unspecified atom stereocenters. The van der Waals surface area contributed by atoms with Crippen molar-refractivity contribution in [2.45, 2.75) is 39.2 Å². The zero-order chi connectivity index (χ0) is 13.7. The van der Waals surface area contributed by atoms with Crippen LogP contribution in [-0.2, 0) is 6.42 Å². The van der Waals surface area contributed by atoms with Crippen molar-refractivity contribution in [3.05, 3.63) is 28.8 Å². The van der Waals surface area contributed by atoms with E-state index in [1.165, 1.54) is 36.1 Å². The summed E-state index contributed by atoms with van der Waals surface area (Å²) in [4.78, 5) is 0. The minimum absolute atomic E-state index is 0.630. The van der Waals surface area contributed by atoms with Gasteiger partial charge in [-0.3, -0.25) is 0 Å². The highest BCUT2D eigenvalue weighted by molar-refractivity contribution is 5.43. The Kier molecular flexibility index (Phi) is 5.23. The second-order valence-electron chi connectivity index (χ2n) is 5.52. The molecule has 19 heavy (non-hydrogen) atoms. The molecule has 2 rings (SSSR count). The predicted octanol–water partition coefficient (Wildman–Crippen LogP) is 2.20. The van der Waals surface area contributed by atoms with Gasteiger partial charge in [0.1, 0.15) is 5.75 Å². The fourth-order valence-corrected chi connectivity index (χ4v) is 2.96. The van der Waals surface area contributed by atoms with Crippen LogP contribution in [0.25, 0.3) is 0 Å². The molecule has 0 radical (unpaired) electrons. The Morgan fingerprint density at radius 2 is 2.21 bits per heavy atom. The number of hydrogen-bond donors (Lipinski definition) is 2. The van der Waals surface area contributed by atoms with E-state index in [0.29, 0.717) is 6.04 Å². The molecule has 1 aromatic rings. The maximum atomic E-state index is 5.53. The van der Waals surface area contributed by atoms with Crippen LogP contribution >= 0.6 is 0 Å². The van der Waals surface area contributed by atoms with Gasteiger partial charge in [0.2, 0.25) is 0 Å². The largest absolute Gasteiger partial charge is 0.496 e. The first-order valence-electron chi connectivity index (χ1n) is 7.29. The Hall–Kier alpha value is -1.06. The van der Waals surface area contributed by atoms with Crippen LogP contribution in [0.3, 0.4) is 0 Å². The first kappa shape index (κ1) is 14.4. The van der Waals surface area contributed by atoms with Crippen molar-refractivity contribution in [1.29, 1.82) is 0 Å². The van der Waals surface area contributed by atoms with Gasteiger partial charge in [-0.15, -0.1) is 0 Å². The van der Waals surface area contributed by atoms with Crippen molar-refractivity contribution in [2.24, 2.45) is 0 Å². The molecule has 106 valence electrons. The van der Waals surface area contributed by atoms with E-state index >= 15 is 0 Å². The standard InChI is InChI=1S/C16H26N2O/c1-12-9-13(2)16(19-3)14(10-12)6-8-18-15-5-4-7-17-11-15/h9-10,15,17-18H,4-8,11H2,1-3H3. The number of piperidine rings is 1. The monoisotopic (exact) mass is 262 g/mol. The van der Waals surface area contributed by atoms with Gasteiger partial charge in [0.25, 0.3) is 0 Å². The van der Waals surface area contributed by atoms with E-state index in [1.54, 1.807) is 7.11 Å². The van der Waals surface area contributed by atoms with E-state index in [-0.39, 0.29) is 0 Å². The summed E-state index contributed by atoms with van der Waals surface area (Å²) in [6, 6.07) is 5.05. The van der Waals surface area contributed by atoms with Crippen molar-refractivity contribution in [3.8, 4) is 5.75 Å². The second kappa shape index (κ2) is 6.92. The molecular formula is C16H26N2O. The first-order valence-corrected chi connectivity index (χ1v) is 7.29. The Labute approximate surface area is 116 Å². The van der Waals surface area contributed by atoms with E-state index in [4.69, 9.17) is 4.74 Å². The van der Waals surface area contributed by atoms with Crippen LogP contribution in [0.15, 0.2) is 12.1 Å². The minimum atomic E-state index is 0.630. The summed E-state index contributed by atoms with van der Waals surface area (Å²) < 4.78 is 5.53. The van der Waals surface area contributed by atoms with Crippen LogP contribution in [0.5, 0.6) is 5.75 Å². The number of benzene rings is 1. The lowest BCUT2D eigenvalue weighted by Gasteiger charge is -2.24. The van der Waals surface area contributed by atoms with E-state index in [9.17, 15) is 0 Å². The molecule has 3 heteroatoms. The Bertz CT molecular complexity index is 411. The molecule has 0 spiro atoms. The summed E-state index contributed by atoms with van der Waals surface area (Å²) in [5.41, 5.74) is 3.86. The summed E-state index contributed by atoms with van der Waals surface area (Å²) in [5, 5.41) is 7.08. The van der Waals surface area contributed by atoms with Gasteiger partial charge in [-0.2, -0.15) is 0 Å². The third-order valence-electron chi connectivity index (χ3n) is 3.82. The van der Waals surface area contributed by atoms with Crippen LogP contribution in [0.2, 0.25) is 0 Å². The second-order valence-corrected chi connectivity index (χ2v) is 5.52. The lowest BCUT2D eigenvalue weighted by Crippen LogP contribution is -2.43. The number of nitrogens with one attached hydrogen (secondary N) is 2. The van der Waals surface area contributed by atoms with Crippen LogP contribution in [-0.4, -0.2) is 32.8 Å². The van der Waals surface area contributed by atoms with Gasteiger partial charge in [-0.1, -0.05) is 17.7 Å². The molecule has 0 aliphatic carbocycles. The number of aryl methyl sites for hydroxylation is 2. The van der Waals surface area contributed by atoms with Crippen molar-refractivity contribution < 1.29 is 4.74 Å². The SMILES string of the molecule is COc1c(C)cc(C)cc1CCNC1CCCNC1. The third kappa shape index (κ3) is 3.95. The normalized spacial score (nSPS) is 19.4. The highest BCUT2D eigenvalue weighted by Gasteiger charge is 2.12. The number of methoxy groups -OCH3 is 1. The van der Waals surface area contributed by atoms with Crippen LogP contribution in [0, 0.1) is 13.8 Å². The molecule has 1 aromatic carbocycles. The van der Waals surface area contributed by atoms with Crippen molar-refractivity contribution >= 4 is 0 Å². The molecule has 1 heterocycles. The Morgan fingerprint density at radius 3 is 2.89 bits per heavy atom. The molecular weight excluding hydrogens is 236 g/mol. The van der Waals surface area contributed by atoms with E-state index in [0.717, 1.165) is 25.3 Å². The van der Waals surface area contributed by atoms with Crippen molar-refractivity contribution in [3.63, 3.8) is 0 Å². The molecule has 1 saturated heterocycles. The van der Waals surface area contributed by atoms with Crippen molar-refractivity contribution in [1.82, 2.24) is 10.6 Å². The average Bonchev–Trinajstić information content (AvgIpc) is 2.39. The van der Waals surface area contributed by atoms with Gasteiger partial charge in [0, 0.05) is 12.6 Å². The van der Waals surface area contributed by atoms with E-state index in [2.05, 4.69) is 36.6 Å². The minimum Gasteiger partial charge on any atom is -0.496 e. The zero-order valence-corrected chi connectivity index (χ0v) is 12.4. The maximum Gasteiger partial charge on any atom is 0.125 e. The molecule has 0 amide bonds. The molecule has 0 aromatic heterocycles. The highest BCUT2D eigenvalue weighted by Crippen LogP contribution is 2.25. The van der Waals surface area contributed by atoms with Crippen LogP contribution < -0.4 is 15.4 Å². The highest BCUT2D eigenvalue weighted by atomic mass is 16.5. The number of hydrogen-bond acceptors (Lipinski definition) is 3. The molecule has 2 N–H and O–H groups in total. The molecule has 0 bridgehead atoms. The molecule has 1 fully saturated rings. The summed E-state index contributed by atoms with van der Waals surface area (Å²) >= 11 is 0. The molecule has 1 atom stereocenters. The summed E-state index contributed by atoms with van der Waals surface area (Å²) in [6.07, 6.45) is 3.60. The predicted molar refractivity (Wildman–Crippen MR) is 80.1 cm³/mol. The van der Waals surface area contributed by atoms with Crippen LogP contribution in [0.4, 0.5) is 0 Å². The third-order valence-corrected chi connectivity index (χ3v) is 3.82. The lowest BCUT2D eigenvalue weighted by atomic mass is 10.0. The molecule has 1 aliphatic heterocycles. The summed E-state index contributed by atoms with van der Waals surface area (Å²) in [6.45, 7) is 7.56. The fraction of sp³-hybridized carbons (Fsp3) is 0.625. The van der Waals surface area contributed by atoms with Gasteiger partial charge >= 0.3 is 0 Å². The maximum absolute atomic E-state index is 5.53. The van der Waals surface area contributed by atoms with Gasteiger partial charge in [0.05, 0.1) is 7.11 Å². The van der Waals surface area contributed by atoms with Gasteiger partial charge < -0.3 is 15.4 Å².